The molecule has 54 heavy (non-hydrogen) atoms. The van der Waals surface area contributed by atoms with E-state index in [-0.39, 0.29) is 49.9 Å². The molecule has 0 aliphatic carbocycles. The number of amides is 1. The number of carbonyl (C=O) groups excluding carboxylic acids is 4. The van der Waals surface area contributed by atoms with Crippen molar-refractivity contribution in [3.8, 4) is 0 Å². The Morgan fingerprint density at radius 3 is 1.89 bits per heavy atom. The Labute approximate surface area is 312 Å². The van der Waals surface area contributed by atoms with E-state index in [1.54, 1.807) is 0 Å². The van der Waals surface area contributed by atoms with Crippen LogP contribution in [0.1, 0.15) is 46.0 Å². The molecule has 298 valence electrons. The molecule has 0 saturated carbocycles. The maximum atomic E-state index is 13.1. The summed E-state index contributed by atoms with van der Waals surface area (Å²) >= 11 is 0. The molecule has 0 spiro atoms. The van der Waals surface area contributed by atoms with Gasteiger partial charge in [-0.2, -0.15) is 0 Å². The lowest BCUT2D eigenvalue weighted by molar-refractivity contribution is -0.153. The number of hydrogen-bond acceptors (Lipinski definition) is 18. The number of ether oxygens (including phenoxy) is 2. The normalized spacial score (nSPS) is 35.4. The van der Waals surface area contributed by atoms with Gasteiger partial charge in [0.05, 0.1) is 30.5 Å². The number of hydrogen-bond donors (Lipinski definition) is 7. The van der Waals surface area contributed by atoms with E-state index in [2.05, 4.69) is 10.1 Å². The van der Waals surface area contributed by atoms with Crippen molar-refractivity contribution in [1.82, 2.24) is 0 Å². The van der Waals surface area contributed by atoms with Gasteiger partial charge in [0, 0.05) is 17.8 Å². The summed E-state index contributed by atoms with van der Waals surface area (Å²) in [4.78, 5) is 47.5. The minimum Gasteiger partial charge on any atom is -0.467 e. The second kappa shape index (κ2) is 16.8. The average molecular weight is 800 g/mol. The standard InChI is InChI=1S/C32H46BNO18Si2/c1-16(36)25-29-27(49-53(47-25,51-29)11-3-5-18-13-22(38)46-32(18)42)23(39)24(40)28-30-26(17(2)37)48-54(50-28,52-30)12-4-6-19(14-45-15-35)31(41)34-21-9-7-20(8-10-21)33(43)44/h7-10,15-19,23-30,36-37,39-40,43-44H,3-6,11-14H2,1-2H3,(H,34,41). The van der Waals surface area contributed by atoms with Crippen LogP contribution in [0.5, 0.6) is 0 Å². The molecule has 5 aliphatic heterocycles. The first-order valence-electron chi connectivity index (χ1n) is 18.0. The highest BCUT2D eigenvalue weighted by Crippen LogP contribution is 2.47. The molecule has 0 aromatic heterocycles. The second-order valence-corrected chi connectivity index (χ2v) is 19.6. The predicted molar refractivity (Wildman–Crippen MR) is 184 cm³/mol. The zero-order valence-electron chi connectivity index (χ0n) is 29.6. The number of anilines is 1. The largest absolute Gasteiger partial charge is 0.502 e. The highest BCUT2D eigenvalue weighted by atomic mass is 28.4. The Hall–Kier alpha value is -2.68. The highest BCUT2D eigenvalue weighted by molar-refractivity contribution is 6.62. The van der Waals surface area contributed by atoms with Crippen molar-refractivity contribution in [2.75, 3.05) is 11.9 Å². The van der Waals surface area contributed by atoms with Crippen molar-refractivity contribution in [3.05, 3.63) is 24.3 Å². The molecule has 1 aromatic rings. The fourth-order valence-electron chi connectivity index (χ4n) is 7.64. The zero-order chi connectivity index (χ0) is 38.9. The third kappa shape index (κ3) is 8.66. The van der Waals surface area contributed by atoms with Crippen LogP contribution in [0, 0.1) is 11.8 Å². The van der Waals surface area contributed by atoms with Gasteiger partial charge in [0.2, 0.25) is 5.91 Å². The van der Waals surface area contributed by atoms with E-state index >= 15 is 0 Å². The third-order valence-corrected chi connectivity index (χ3v) is 16.1. The van der Waals surface area contributed by atoms with Crippen LogP contribution in [-0.4, -0.2) is 147 Å². The van der Waals surface area contributed by atoms with E-state index in [0.717, 1.165) is 0 Å². The van der Waals surface area contributed by atoms with Crippen molar-refractivity contribution >= 4 is 60.2 Å². The summed E-state index contributed by atoms with van der Waals surface area (Å²) in [5.74, 6) is -3.03. The average Bonchev–Trinajstić information content (AvgIpc) is 3.94. The van der Waals surface area contributed by atoms with Crippen molar-refractivity contribution in [1.29, 1.82) is 0 Å². The van der Waals surface area contributed by atoms with Crippen LogP contribution < -0.4 is 10.8 Å². The van der Waals surface area contributed by atoms with Crippen LogP contribution in [0.3, 0.4) is 0 Å². The monoisotopic (exact) mass is 799 g/mol. The third-order valence-electron chi connectivity index (χ3n) is 10.4. The number of aliphatic hydroxyl groups excluding tert-OH is 4. The maximum Gasteiger partial charge on any atom is 0.502 e. The van der Waals surface area contributed by atoms with Gasteiger partial charge in [-0.25, -0.2) is 0 Å². The fourth-order valence-corrected chi connectivity index (χ4v) is 14.2. The molecule has 0 radical (unpaired) electrons. The van der Waals surface area contributed by atoms with Crippen LogP contribution >= 0.6 is 0 Å². The van der Waals surface area contributed by atoms with Gasteiger partial charge in [-0.1, -0.05) is 12.1 Å². The Morgan fingerprint density at radius 2 is 1.41 bits per heavy atom. The number of nitrogens with one attached hydrogen (secondary N) is 1. The van der Waals surface area contributed by atoms with Crippen molar-refractivity contribution in [2.45, 2.75) is 119 Å². The molecular weight excluding hydrogens is 753 g/mol. The molecule has 7 N–H and O–H groups in total. The first-order valence-corrected chi connectivity index (χ1v) is 21.9. The molecule has 5 heterocycles. The molecule has 6 rings (SSSR count). The van der Waals surface area contributed by atoms with Crippen LogP contribution in [0.25, 0.3) is 0 Å². The van der Waals surface area contributed by atoms with Gasteiger partial charge < -0.3 is 71.8 Å². The first kappa shape index (κ1) is 41.0. The smallest absolute Gasteiger partial charge is 0.467 e. The summed E-state index contributed by atoms with van der Waals surface area (Å²) in [6.45, 7) is 3.00. The van der Waals surface area contributed by atoms with Crippen LogP contribution in [0.2, 0.25) is 12.1 Å². The van der Waals surface area contributed by atoms with Crippen molar-refractivity contribution in [3.63, 3.8) is 0 Å². The number of benzene rings is 1. The summed E-state index contributed by atoms with van der Waals surface area (Å²) in [5, 5.41) is 65.6. The number of fused-ring (bicyclic) bond motifs is 4. The lowest BCUT2D eigenvalue weighted by Gasteiger charge is -2.39. The molecule has 1 aromatic carbocycles. The number of carbonyl (C=O) groups is 4. The van der Waals surface area contributed by atoms with Crippen LogP contribution in [-0.2, 0) is 55.2 Å². The van der Waals surface area contributed by atoms with E-state index in [4.69, 9.17) is 31.3 Å². The summed E-state index contributed by atoms with van der Waals surface area (Å²) in [6, 6.07) is 6.23. The molecule has 5 fully saturated rings. The lowest BCUT2D eigenvalue weighted by atomic mass is 9.80. The van der Waals surface area contributed by atoms with Crippen LogP contribution in [0.15, 0.2) is 24.3 Å². The summed E-state index contributed by atoms with van der Waals surface area (Å²) in [7, 11) is -8.78. The van der Waals surface area contributed by atoms with Gasteiger partial charge in [0.25, 0.3) is 6.47 Å². The maximum absolute atomic E-state index is 13.1. The van der Waals surface area contributed by atoms with Gasteiger partial charge in [-0.3, -0.25) is 19.2 Å². The Morgan fingerprint density at radius 1 is 0.870 bits per heavy atom. The Bertz CT molecular complexity index is 1520. The molecule has 5 aliphatic rings. The van der Waals surface area contributed by atoms with Gasteiger partial charge in [0.1, 0.15) is 55.4 Å². The Kier molecular flexibility index (Phi) is 12.8. The van der Waals surface area contributed by atoms with E-state index in [0.29, 0.717) is 18.5 Å². The molecule has 14 unspecified atom stereocenters. The van der Waals surface area contributed by atoms with E-state index < -0.39 is 115 Å². The van der Waals surface area contributed by atoms with Crippen LogP contribution in [0.4, 0.5) is 5.69 Å². The molecule has 4 bridgehead atoms. The molecule has 14 atom stereocenters. The number of cyclic esters (lactones) is 2. The molecule has 5 saturated heterocycles. The molecule has 1 amide bonds. The van der Waals surface area contributed by atoms with Crippen molar-refractivity contribution < 1.29 is 85.7 Å². The Balaban J connectivity index is 1.08. The summed E-state index contributed by atoms with van der Waals surface area (Å²) < 4.78 is 46.6. The molecule has 22 heteroatoms. The number of aliphatic hydroxyl groups is 4. The van der Waals surface area contributed by atoms with Gasteiger partial charge >= 0.3 is 36.7 Å². The van der Waals surface area contributed by atoms with Gasteiger partial charge in [-0.05, 0) is 57.1 Å². The lowest BCUT2D eigenvalue weighted by Crippen LogP contribution is -2.60. The summed E-state index contributed by atoms with van der Waals surface area (Å²) in [5.41, 5.74) is 0.614. The van der Waals surface area contributed by atoms with E-state index in [1.165, 1.54) is 38.1 Å². The first-order chi connectivity index (χ1) is 25.6. The van der Waals surface area contributed by atoms with E-state index in [1.807, 2.05) is 0 Å². The van der Waals surface area contributed by atoms with E-state index in [9.17, 15) is 49.7 Å². The predicted octanol–water partition coefficient (Wildman–Crippen LogP) is -2.53. The minimum absolute atomic E-state index is 0.0197. The SMILES string of the molecule is CC(O)C1O[Si]2(CCCC(COC=O)C(=O)Nc3ccc(B(O)O)cc3)OC(C(O)C(O)C3O[Si]4(CCCC5CC(=O)OC5=O)OC(C(C)O)C3O4)C1O2. The van der Waals surface area contributed by atoms with Crippen molar-refractivity contribution in [2.24, 2.45) is 11.8 Å². The molecular formula is C32H46BNO18Si2. The van der Waals surface area contributed by atoms with Gasteiger partial charge in [0.15, 0.2) is 0 Å². The second-order valence-electron chi connectivity index (χ2n) is 14.4. The molecule has 19 nitrogen and oxygen atoms in total. The summed E-state index contributed by atoms with van der Waals surface area (Å²) in [6.07, 6.45) is -10.1. The quantitative estimate of drug-likeness (QED) is 0.0329. The number of rotatable bonds is 19. The highest BCUT2D eigenvalue weighted by Gasteiger charge is 2.69. The zero-order valence-corrected chi connectivity index (χ0v) is 31.6. The topological polar surface area (TPSA) is 276 Å². The number of esters is 2. The van der Waals surface area contributed by atoms with Gasteiger partial charge in [-0.15, -0.1) is 0 Å². The fraction of sp³-hybridized carbons (Fsp3) is 0.688. The minimum atomic E-state index is -3.61.